The van der Waals surface area contributed by atoms with Crippen molar-refractivity contribution < 1.29 is 4.79 Å². The Hall–Kier alpha value is -2.80. The molecule has 2 aromatic heterocycles. The summed E-state index contributed by atoms with van der Waals surface area (Å²) in [6.45, 7) is 1.64. The van der Waals surface area contributed by atoms with E-state index in [1.807, 2.05) is 33.3 Å². The van der Waals surface area contributed by atoms with Crippen molar-refractivity contribution in [2.75, 3.05) is 32.5 Å². The molecule has 0 saturated carbocycles. The average Bonchev–Trinajstić information content (AvgIpc) is 2.90. The standard InChI is InChI=1S/C17H18N6O/c1-22(2)7-6-18-12-4-5-13-15-14(12)17(24)11-9-20-19-8-10(11)16(15)21-23(13)3/h4-5,8-9,18H,6-7H2,1-3H3. The highest BCUT2D eigenvalue weighted by molar-refractivity contribution is 6.27. The van der Waals surface area contributed by atoms with Crippen LogP contribution in [0.2, 0.25) is 0 Å². The van der Waals surface area contributed by atoms with Crippen LogP contribution >= 0.6 is 0 Å². The summed E-state index contributed by atoms with van der Waals surface area (Å²) in [5.41, 5.74) is 4.55. The van der Waals surface area contributed by atoms with Crippen LogP contribution in [0.5, 0.6) is 0 Å². The second kappa shape index (κ2) is 5.38. The number of anilines is 1. The molecule has 122 valence electrons. The number of fused-ring (bicyclic) bond motifs is 2. The van der Waals surface area contributed by atoms with Crippen molar-refractivity contribution in [2.24, 2.45) is 7.05 Å². The molecule has 0 saturated heterocycles. The lowest BCUT2D eigenvalue weighted by Gasteiger charge is -2.18. The van der Waals surface area contributed by atoms with Crippen molar-refractivity contribution in [2.45, 2.75) is 0 Å². The zero-order chi connectivity index (χ0) is 16.8. The second-order valence-corrected chi connectivity index (χ2v) is 6.23. The second-order valence-electron chi connectivity index (χ2n) is 6.23. The Morgan fingerprint density at radius 1 is 1.17 bits per heavy atom. The Kier molecular flexibility index (Phi) is 3.31. The molecule has 0 fully saturated rings. The summed E-state index contributed by atoms with van der Waals surface area (Å²) in [5.74, 6) is -0.0293. The van der Waals surface area contributed by atoms with Gasteiger partial charge in [-0.05, 0) is 26.2 Å². The van der Waals surface area contributed by atoms with Gasteiger partial charge < -0.3 is 10.2 Å². The third-order valence-corrected chi connectivity index (χ3v) is 4.35. The number of benzene rings is 1. The first-order valence-electron chi connectivity index (χ1n) is 7.82. The molecule has 1 aliphatic rings. The number of ketones is 1. The molecule has 3 aromatic rings. The molecule has 1 aliphatic carbocycles. The minimum atomic E-state index is -0.0293. The van der Waals surface area contributed by atoms with Crippen LogP contribution < -0.4 is 5.32 Å². The number of rotatable bonds is 4. The number of aromatic nitrogens is 4. The number of hydrogen-bond acceptors (Lipinski definition) is 6. The highest BCUT2D eigenvalue weighted by Crippen LogP contribution is 2.40. The number of nitrogens with one attached hydrogen (secondary N) is 1. The van der Waals surface area contributed by atoms with Crippen molar-refractivity contribution in [3.05, 3.63) is 35.7 Å². The summed E-state index contributed by atoms with van der Waals surface area (Å²) < 4.78 is 1.81. The quantitative estimate of drug-likeness (QED) is 0.614. The number of carbonyl (C=O) groups is 1. The van der Waals surface area contributed by atoms with Crippen LogP contribution in [0.25, 0.3) is 22.2 Å². The normalized spacial score (nSPS) is 12.8. The van der Waals surface area contributed by atoms with E-state index in [2.05, 4.69) is 25.5 Å². The maximum absolute atomic E-state index is 13.1. The van der Waals surface area contributed by atoms with E-state index >= 15 is 0 Å². The number of carbonyl (C=O) groups excluding carboxylic acids is 1. The largest absolute Gasteiger partial charge is 0.383 e. The van der Waals surface area contributed by atoms with Gasteiger partial charge in [0.15, 0.2) is 5.78 Å². The highest BCUT2D eigenvalue weighted by atomic mass is 16.1. The first-order chi connectivity index (χ1) is 11.6. The molecule has 0 spiro atoms. The molecule has 7 nitrogen and oxygen atoms in total. The molecule has 2 heterocycles. The van der Waals surface area contributed by atoms with Gasteiger partial charge in [-0.1, -0.05) is 0 Å². The SMILES string of the molecule is CN(C)CCNc1ccc2c3c(nn2C)-c2cnncc2C(=O)c13. The van der Waals surface area contributed by atoms with E-state index < -0.39 is 0 Å². The molecule has 7 heteroatoms. The Labute approximate surface area is 139 Å². The summed E-state index contributed by atoms with van der Waals surface area (Å²) in [5, 5.41) is 16.7. The van der Waals surface area contributed by atoms with Gasteiger partial charge in [-0.15, -0.1) is 0 Å². The average molecular weight is 322 g/mol. The fourth-order valence-electron chi connectivity index (χ4n) is 3.17. The van der Waals surface area contributed by atoms with E-state index in [4.69, 9.17) is 0 Å². The molecule has 0 atom stereocenters. The van der Waals surface area contributed by atoms with Crippen LogP contribution in [-0.4, -0.2) is 57.8 Å². The number of hydrogen-bond donors (Lipinski definition) is 1. The van der Waals surface area contributed by atoms with Crippen LogP contribution in [0.15, 0.2) is 24.5 Å². The zero-order valence-electron chi connectivity index (χ0n) is 13.9. The molecule has 1 N–H and O–H groups in total. The van der Waals surface area contributed by atoms with Gasteiger partial charge in [0.05, 0.1) is 29.0 Å². The van der Waals surface area contributed by atoms with E-state index in [0.717, 1.165) is 40.9 Å². The number of nitrogens with zero attached hydrogens (tertiary/aromatic N) is 5. The first-order valence-corrected chi connectivity index (χ1v) is 7.82. The Morgan fingerprint density at radius 2 is 1.92 bits per heavy atom. The van der Waals surface area contributed by atoms with E-state index in [1.165, 1.54) is 6.20 Å². The van der Waals surface area contributed by atoms with E-state index in [-0.39, 0.29) is 5.78 Å². The summed E-state index contributed by atoms with van der Waals surface area (Å²) in [6, 6.07) is 3.95. The van der Waals surface area contributed by atoms with Crippen molar-refractivity contribution in [1.29, 1.82) is 0 Å². The van der Waals surface area contributed by atoms with Crippen LogP contribution in [0.4, 0.5) is 5.69 Å². The fourth-order valence-corrected chi connectivity index (χ4v) is 3.17. The Balaban J connectivity index is 1.92. The third-order valence-electron chi connectivity index (χ3n) is 4.35. The van der Waals surface area contributed by atoms with Crippen LogP contribution in [0.3, 0.4) is 0 Å². The van der Waals surface area contributed by atoms with E-state index in [9.17, 15) is 4.79 Å². The van der Waals surface area contributed by atoms with Gasteiger partial charge in [0.1, 0.15) is 5.69 Å². The van der Waals surface area contributed by atoms with Crippen molar-refractivity contribution in [3.63, 3.8) is 0 Å². The molecule has 4 rings (SSSR count). The molecule has 0 bridgehead atoms. The molecular weight excluding hydrogens is 304 g/mol. The Bertz CT molecular complexity index is 959. The minimum Gasteiger partial charge on any atom is -0.383 e. The van der Waals surface area contributed by atoms with Gasteiger partial charge >= 0.3 is 0 Å². The monoisotopic (exact) mass is 322 g/mol. The van der Waals surface area contributed by atoms with Crippen molar-refractivity contribution >= 4 is 22.4 Å². The number of aryl methyl sites for hydroxylation is 1. The molecular formula is C17H18N6O. The lowest BCUT2D eigenvalue weighted by atomic mass is 9.88. The topological polar surface area (TPSA) is 75.9 Å². The predicted octanol–water partition coefficient (Wildman–Crippen LogP) is 1.55. The summed E-state index contributed by atoms with van der Waals surface area (Å²) in [4.78, 5) is 15.2. The Morgan fingerprint density at radius 3 is 2.67 bits per heavy atom. The third kappa shape index (κ3) is 2.09. The van der Waals surface area contributed by atoms with Gasteiger partial charge in [0.2, 0.25) is 0 Å². The smallest absolute Gasteiger partial charge is 0.198 e. The summed E-state index contributed by atoms with van der Waals surface area (Å²) in [7, 11) is 5.93. The zero-order valence-corrected chi connectivity index (χ0v) is 13.9. The molecule has 0 aliphatic heterocycles. The summed E-state index contributed by atoms with van der Waals surface area (Å²) >= 11 is 0. The van der Waals surface area contributed by atoms with Crippen LogP contribution in [0.1, 0.15) is 15.9 Å². The predicted molar refractivity (Wildman–Crippen MR) is 92.2 cm³/mol. The fraction of sp³-hybridized carbons (Fsp3) is 0.294. The van der Waals surface area contributed by atoms with Crippen LogP contribution in [-0.2, 0) is 7.05 Å². The molecule has 0 radical (unpaired) electrons. The van der Waals surface area contributed by atoms with Gasteiger partial charge in [0, 0.05) is 36.8 Å². The molecule has 0 amide bonds. The summed E-state index contributed by atoms with van der Waals surface area (Å²) in [6.07, 6.45) is 3.14. The van der Waals surface area contributed by atoms with Gasteiger partial charge in [0.25, 0.3) is 0 Å². The molecule has 1 aromatic carbocycles. The first kappa shape index (κ1) is 14.8. The van der Waals surface area contributed by atoms with Gasteiger partial charge in [-0.3, -0.25) is 9.48 Å². The van der Waals surface area contributed by atoms with Gasteiger partial charge in [-0.2, -0.15) is 15.3 Å². The molecule has 24 heavy (non-hydrogen) atoms. The van der Waals surface area contributed by atoms with Crippen LogP contribution in [0, 0.1) is 0 Å². The van der Waals surface area contributed by atoms with Gasteiger partial charge in [-0.25, -0.2) is 0 Å². The van der Waals surface area contributed by atoms with E-state index in [0.29, 0.717) is 11.1 Å². The maximum Gasteiger partial charge on any atom is 0.198 e. The van der Waals surface area contributed by atoms with Crippen molar-refractivity contribution in [3.8, 4) is 11.3 Å². The highest BCUT2D eigenvalue weighted by Gasteiger charge is 2.31. The molecule has 0 unspecified atom stereocenters. The van der Waals surface area contributed by atoms with E-state index in [1.54, 1.807) is 10.9 Å². The lowest BCUT2D eigenvalue weighted by Crippen LogP contribution is -2.22. The number of likely N-dealkylation sites (N-methyl/N-ethyl adjacent to an activating group) is 1. The maximum atomic E-state index is 13.1. The van der Waals surface area contributed by atoms with Crippen molar-refractivity contribution in [1.82, 2.24) is 24.9 Å². The minimum absolute atomic E-state index is 0.0293. The lowest BCUT2D eigenvalue weighted by molar-refractivity contribution is 0.104.